The van der Waals surface area contributed by atoms with E-state index < -0.39 is 0 Å². The van der Waals surface area contributed by atoms with Crippen LogP contribution in [-0.4, -0.2) is 30.3 Å². The van der Waals surface area contributed by atoms with Crippen molar-refractivity contribution >= 4 is 23.4 Å². The van der Waals surface area contributed by atoms with Crippen LogP contribution in [0.25, 0.3) is 0 Å². The maximum Gasteiger partial charge on any atom is 0.226 e. The van der Waals surface area contributed by atoms with Crippen LogP contribution in [0.2, 0.25) is 0 Å². The summed E-state index contributed by atoms with van der Waals surface area (Å²) in [5, 5.41) is 8.58. The van der Waals surface area contributed by atoms with Crippen LogP contribution >= 0.6 is 0 Å². The molecule has 0 aromatic heterocycles. The van der Waals surface area contributed by atoms with Crippen LogP contribution < -0.4 is 16.0 Å². The predicted octanol–water partition coefficient (Wildman–Crippen LogP) is 3.45. The van der Waals surface area contributed by atoms with E-state index in [2.05, 4.69) is 16.0 Å². The van der Waals surface area contributed by atoms with Crippen LogP contribution in [0.15, 0.2) is 24.3 Å². The largest absolute Gasteiger partial charge is 0.356 e. The molecule has 3 amide bonds. The van der Waals surface area contributed by atoms with Crippen molar-refractivity contribution in [2.75, 3.05) is 11.9 Å². The van der Waals surface area contributed by atoms with Crippen LogP contribution in [0.4, 0.5) is 5.69 Å². The number of hydrogen-bond acceptors (Lipinski definition) is 3. The van der Waals surface area contributed by atoms with E-state index in [4.69, 9.17) is 0 Å². The lowest BCUT2D eigenvalue weighted by Gasteiger charge is -2.21. The van der Waals surface area contributed by atoms with Crippen molar-refractivity contribution < 1.29 is 14.4 Å². The Hall–Kier alpha value is -2.37. The van der Waals surface area contributed by atoms with Crippen molar-refractivity contribution in [3.63, 3.8) is 0 Å². The van der Waals surface area contributed by atoms with Gasteiger partial charge < -0.3 is 16.0 Å². The number of rotatable bonds is 8. The van der Waals surface area contributed by atoms with Crippen molar-refractivity contribution in [3.05, 3.63) is 29.8 Å². The molecule has 0 aliphatic heterocycles. The number of aryl methyl sites for hydroxylation is 1. The minimum absolute atomic E-state index is 0.0575. The molecule has 0 radical (unpaired) electrons. The van der Waals surface area contributed by atoms with Gasteiger partial charge in [-0.2, -0.15) is 0 Å². The van der Waals surface area contributed by atoms with Crippen LogP contribution in [-0.2, 0) is 14.4 Å². The van der Waals surface area contributed by atoms with Crippen molar-refractivity contribution in [3.8, 4) is 0 Å². The summed E-state index contributed by atoms with van der Waals surface area (Å²) in [5.41, 5.74) is 1.82. The number of carbonyl (C=O) groups is 3. The van der Waals surface area contributed by atoms with Gasteiger partial charge in [0.15, 0.2) is 0 Å². The molecule has 1 saturated carbocycles. The zero-order chi connectivity index (χ0) is 20.2. The van der Waals surface area contributed by atoms with E-state index in [1.807, 2.05) is 31.2 Å². The van der Waals surface area contributed by atoms with E-state index in [-0.39, 0.29) is 49.6 Å². The third-order valence-corrected chi connectivity index (χ3v) is 5.03. The lowest BCUT2D eigenvalue weighted by Crippen LogP contribution is -2.36. The monoisotopic (exact) mass is 387 g/mol. The Kier molecular flexibility index (Phi) is 9.52. The molecule has 2 rings (SSSR count). The van der Waals surface area contributed by atoms with Gasteiger partial charge in [0.25, 0.3) is 0 Å². The van der Waals surface area contributed by atoms with Crippen LogP contribution in [0.1, 0.15) is 69.8 Å². The molecule has 28 heavy (non-hydrogen) atoms. The summed E-state index contributed by atoms with van der Waals surface area (Å²) >= 11 is 0. The first-order valence-electron chi connectivity index (χ1n) is 10.5. The molecule has 1 aliphatic rings. The lowest BCUT2D eigenvalue weighted by molar-refractivity contribution is -0.127. The van der Waals surface area contributed by atoms with Gasteiger partial charge in [0.2, 0.25) is 17.7 Å². The van der Waals surface area contributed by atoms with Gasteiger partial charge in [0.1, 0.15) is 0 Å². The summed E-state index contributed by atoms with van der Waals surface area (Å²) in [6.45, 7) is 2.23. The summed E-state index contributed by atoms with van der Waals surface area (Å²) < 4.78 is 0. The fourth-order valence-electron chi connectivity index (χ4n) is 3.48. The second-order valence-corrected chi connectivity index (χ2v) is 7.63. The van der Waals surface area contributed by atoms with E-state index in [1.165, 1.54) is 19.3 Å². The molecule has 1 aliphatic carbocycles. The van der Waals surface area contributed by atoms with Crippen molar-refractivity contribution in [2.45, 2.75) is 77.2 Å². The van der Waals surface area contributed by atoms with Gasteiger partial charge in [-0.05, 0) is 37.5 Å². The van der Waals surface area contributed by atoms with E-state index >= 15 is 0 Å². The number of anilines is 1. The first-order valence-corrected chi connectivity index (χ1v) is 10.5. The molecule has 0 bridgehead atoms. The van der Waals surface area contributed by atoms with Crippen molar-refractivity contribution in [1.29, 1.82) is 0 Å². The molecule has 1 aromatic carbocycles. The zero-order valence-electron chi connectivity index (χ0n) is 16.9. The summed E-state index contributed by atoms with van der Waals surface area (Å²) in [4.78, 5) is 35.9. The first kappa shape index (κ1) is 21.9. The second kappa shape index (κ2) is 12.2. The third-order valence-electron chi connectivity index (χ3n) is 5.03. The molecule has 1 fully saturated rings. The third kappa shape index (κ3) is 9.02. The molecule has 6 heteroatoms. The lowest BCUT2D eigenvalue weighted by atomic mass is 9.96. The highest BCUT2D eigenvalue weighted by Crippen LogP contribution is 2.17. The van der Waals surface area contributed by atoms with Crippen LogP contribution in [0.3, 0.4) is 0 Å². The van der Waals surface area contributed by atoms with E-state index in [1.54, 1.807) is 0 Å². The van der Waals surface area contributed by atoms with E-state index in [0.717, 1.165) is 36.9 Å². The normalized spacial score (nSPS) is 15.2. The standard InChI is InChI=1S/C22H33N3O3/c1-17-8-7-11-19(16-17)25-22(28)14-15-23-20(26)12-13-21(27)24-18-9-5-3-2-4-6-10-18/h7-8,11,16,18H,2-6,9-10,12-15H2,1H3,(H,23,26)(H,24,27)(H,25,28). The maximum absolute atomic E-state index is 12.1. The van der Waals surface area contributed by atoms with E-state index in [0.29, 0.717) is 0 Å². The Morgan fingerprint density at radius 3 is 2.29 bits per heavy atom. The summed E-state index contributed by atoms with van der Waals surface area (Å²) in [7, 11) is 0. The highest BCUT2D eigenvalue weighted by Gasteiger charge is 2.15. The topological polar surface area (TPSA) is 87.3 Å². The van der Waals surface area contributed by atoms with Crippen LogP contribution in [0, 0.1) is 6.92 Å². The minimum Gasteiger partial charge on any atom is -0.356 e. The van der Waals surface area contributed by atoms with Gasteiger partial charge in [0.05, 0.1) is 0 Å². The Morgan fingerprint density at radius 1 is 0.893 bits per heavy atom. The SMILES string of the molecule is Cc1cccc(NC(=O)CCNC(=O)CCC(=O)NC2CCCCCCC2)c1. The number of amides is 3. The number of hydrogen-bond donors (Lipinski definition) is 3. The number of nitrogens with one attached hydrogen (secondary N) is 3. The van der Waals surface area contributed by atoms with Crippen molar-refractivity contribution in [2.24, 2.45) is 0 Å². The number of carbonyl (C=O) groups excluding carboxylic acids is 3. The van der Waals surface area contributed by atoms with Gasteiger partial charge in [-0.1, -0.05) is 44.2 Å². The minimum atomic E-state index is -0.198. The molecule has 0 heterocycles. The fraction of sp³-hybridized carbons (Fsp3) is 0.591. The Bertz CT molecular complexity index is 652. The van der Waals surface area contributed by atoms with Crippen LogP contribution in [0.5, 0.6) is 0 Å². The number of benzene rings is 1. The molecule has 3 N–H and O–H groups in total. The average molecular weight is 388 g/mol. The fourth-order valence-corrected chi connectivity index (χ4v) is 3.48. The molecule has 0 unspecified atom stereocenters. The molecule has 1 aromatic rings. The molecule has 0 saturated heterocycles. The molecular weight excluding hydrogens is 354 g/mol. The second-order valence-electron chi connectivity index (χ2n) is 7.63. The summed E-state index contributed by atoms with van der Waals surface area (Å²) in [6.07, 6.45) is 8.72. The highest BCUT2D eigenvalue weighted by molar-refractivity contribution is 5.91. The zero-order valence-corrected chi connectivity index (χ0v) is 16.9. The molecule has 0 spiro atoms. The first-order chi connectivity index (χ1) is 13.5. The summed E-state index contributed by atoms with van der Waals surface area (Å²) in [5.74, 6) is -0.401. The van der Waals surface area contributed by atoms with E-state index in [9.17, 15) is 14.4 Å². The summed E-state index contributed by atoms with van der Waals surface area (Å²) in [6, 6.07) is 7.82. The Labute approximate surface area is 167 Å². The Morgan fingerprint density at radius 2 is 1.57 bits per heavy atom. The predicted molar refractivity (Wildman–Crippen MR) is 111 cm³/mol. The van der Waals surface area contributed by atoms with Crippen molar-refractivity contribution in [1.82, 2.24) is 10.6 Å². The quantitative estimate of drug-likeness (QED) is 0.638. The molecule has 154 valence electrons. The highest BCUT2D eigenvalue weighted by atomic mass is 16.2. The smallest absolute Gasteiger partial charge is 0.226 e. The van der Waals surface area contributed by atoms with Gasteiger partial charge in [-0.3, -0.25) is 14.4 Å². The van der Waals surface area contributed by atoms with Gasteiger partial charge >= 0.3 is 0 Å². The maximum atomic E-state index is 12.1. The average Bonchev–Trinajstić information content (AvgIpc) is 2.62. The Balaban J connectivity index is 1.57. The van der Waals surface area contributed by atoms with Gasteiger partial charge in [0, 0.05) is 37.5 Å². The molecule has 0 atom stereocenters. The van der Waals surface area contributed by atoms with Gasteiger partial charge in [-0.15, -0.1) is 0 Å². The molecular formula is C22H33N3O3. The van der Waals surface area contributed by atoms with Gasteiger partial charge in [-0.25, -0.2) is 0 Å². The molecule has 6 nitrogen and oxygen atoms in total.